The number of carbonyl (C=O) groups is 2. The van der Waals surface area contributed by atoms with Crippen molar-refractivity contribution in [1.82, 2.24) is 4.90 Å². The van der Waals surface area contributed by atoms with Gasteiger partial charge in [0, 0.05) is 11.1 Å². The van der Waals surface area contributed by atoms with E-state index in [9.17, 15) is 14.7 Å². The molecule has 8 heteroatoms. The van der Waals surface area contributed by atoms with Crippen molar-refractivity contribution in [1.29, 1.82) is 0 Å². The van der Waals surface area contributed by atoms with Crippen molar-refractivity contribution in [3.05, 3.63) is 89.0 Å². The first-order valence-electron chi connectivity index (χ1n) is 11.8. The Morgan fingerprint density at radius 3 is 2.19 bits per heavy atom. The number of amides is 1. The first-order chi connectivity index (χ1) is 17.9. The number of hydrogen-bond donors (Lipinski definition) is 1. The highest BCUT2D eigenvalue weighted by atomic mass is 16.5. The number of aliphatic hydroxyl groups is 1. The molecular weight excluding hydrogens is 474 g/mol. The van der Waals surface area contributed by atoms with E-state index in [4.69, 9.17) is 18.9 Å². The van der Waals surface area contributed by atoms with Gasteiger partial charge in [0.15, 0.2) is 11.5 Å². The van der Waals surface area contributed by atoms with Gasteiger partial charge in [-0.25, -0.2) is 0 Å². The van der Waals surface area contributed by atoms with Gasteiger partial charge in [0.1, 0.15) is 17.3 Å². The van der Waals surface area contributed by atoms with E-state index in [1.54, 1.807) is 55.6 Å². The molecule has 0 saturated carbocycles. The van der Waals surface area contributed by atoms with Crippen molar-refractivity contribution in [3.63, 3.8) is 0 Å². The number of likely N-dealkylation sites (tertiary alicyclic amines) is 1. The Morgan fingerprint density at radius 2 is 1.54 bits per heavy atom. The summed E-state index contributed by atoms with van der Waals surface area (Å²) in [6.07, 6.45) is 0. The molecule has 0 bridgehead atoms. The zero-order valence-corrected chi connectivity index (χ0v) is 21.2. The number of carbonyl (C=O) groups excluding carboxylic acids is 2. The molecule has 1 atom stereocenters. The highest BCUT2D eigenvalue weighted by Crippen LogP contribution is 2.43. The zero-order chi connectivity index (χ0) is 26.5. The van der Waals surface area contributed by atoms with Crippen LogP contribution in [0.15, 0.2) is 72.3 Å². The van der Waals surface area contributed by atoms with Gasteiger partial charge in [-0.2, -0.15) is 0 Å². The monoisotopic (exact) mass is 503 g/mol. The van der Waals surface area contributed by atoms with Crippen LogP contribution in [-0.4, -0.2) is 49.6 Å². The number of rotatable bonds is 9. The molecule has 37 heavy (non-hydrogen) atoms. The summed E-state index contributed by atoms with van der Waals surface area (Å²) in [5, 5.41) is 11.3. The maximum absolute atomic E-state index is 13.4. The summed E-state index contributed by atoms with van der Waals surface area (Å²) in [6.45, 7) is 2.46. The third kappa shape index (κ3) is 4.95. The molecule has 1 unspecified atom stereocenters. The van der Waals surface area contributed by atoms with Crippen LogP contribution >= 0.6 is 0 Å². The van der Waals surface area contributed by atoms with Gasteiger partial charge in [0.25, 0.3) is 11.7 Å². The quantitative estimate of drug-likeness (QED) is 0.256. The average Bonchev–Trinajstić information content (AvgIpc) is 3.18. The van der Waals surface area contributed by atoms with Crippen LogP contribution in [0.1, 0.15) is 29.7 Å². The van der Waals surface area contributed by atoms with Crippen molar-refractivity contribution in [2.24, 2.45) is 0 Å². The molecule has 0 aromatic heterocycles. The number of aliphatic hydroxyl groups excluding tert-OH is 1. The summed E-state index contributed by atoms with van der Waals surface area (Å²) >= 11 is 0. The maximum Gasteiger partial charge on any atom is 0.295 e. The highest BCUT2D eigenvalue weighted by Gasteiger charge is 2.46. The minimum Gasteiger partial charge on any atom is -0.507 e. The molecule has 1 amide bonds. The molecule has 1 aliphatic rings. The molecule has 1 saturated heterocycles. The van der Waals surface area contributed by atoms with Crippen LogP contribution in [0.3, 0.4) is 0 Å². The van der Waals surface area contributed by atoms with Crippen molar-refractivity contribution < 1.29 is 33.6 Å². The molecule has 1 aliphatic heterocycles. The molecule has 0 radical (unpaired) electrons. The first kappa shape index (κ1) is 25.6. The van der Waals surface area contributed by atoms with Gasteiger partial charge < -0.3 is 29.0 Å². The Bertz CT molecular complexity index is 1330. The van der Waals surface area contributed by atoms with Crippen LogP contribution in [-0.2, 0) is 16.1 Å². The largest absolute Gasteiger partial charge is 0.507 e. The zero-order valence-electron chi connectivity index (χ0n) is 21.2. The fraction of sp³-hybridized carbons (Fsp3) is 0.241. The van der Waals surface area contributed by atoms with Gasteiger partial charge in [-0.3, -0.25) is 9.59 Å². The van der Waals surface area contributed by atoms with Gasteiger partial charge in [-0.1, -0.05) is 24.3 Å². The number of para-hydroxylation sites is 1. The number of methoxy groups -OCH3 is 3. The van der Waals surface area contributed by atoms with Crippen LogP contribution in [0, 0.1) is 0 Å². The van der Waals surface area contributed by atoms with E-state index in [0.717, 1.165) is 5.56 Å². The van der Waals surface area contributed by atoms with Gasteiger partial charge in [0.05, 0.1) is 46.1 Å². The number of benzene rings is 3. The van der Waals surface area contributed by atoms with Gasteiger partial charge in [-0.15, -0.1) is 0 Å². The number of nitrogens with zero attached hydrogens (tertiary/aromatic N) is 1. The molecule has 4 rings (SSSR count). The predicted octanol–water partition coefficient (Wildman–Crippen LogP) is 4.73. The second kappa shape index (κ2) is 11.1. The van der Waals surface area contributed by atoms with Crippen LogP contribution in [0.25, 0.3) is 5.76 Å². The van der Waals surface area contributed by atoms with E-state index >= 15 is 0 Å². The topological polar surface area (TPSA) is 94.5 Å². The van der Waals surface area contributed by atoms with Crippen molar-refractivity contribution in [2.45, 2.75) is 19.5 Å². The molecule has 0 spiro atoms. The summed E-state index contributed by atoms with van der Waals surface area (Å²) in [7, 11) is 4.58. The number of ether oxygens (including phenoxy) is 4. The lowest BCUT2D eigenvalue weighted by Crippen LogP contribution is -2.29. The Balaban J connectivity index is 1.87. The Kier molecular flexibility index (Phi) is 7.67. The molecule has 3 aromatic carbocycles. The Hall–Kier alpha value is -4.46. The van der Waals surface area contributed by atoms with Crippen LogP contribution in [0.5, 0.6) is 23.0 Å². The van der Waals surface area contributed by atoms with E-state index in [2.05, 4.69) is 0 Å². The number of hydrogen-bond acceptors (Lipinski definition) is 7. The number of ketones is 1. The smallest absolute Gasteiger partial charge is 0.295 e. The van der Waals surface area contributed by atoms with Crippen molar-refractivity contribution in [2.75, 3.05) is 27.9 Å². The molecule has 8 nitrogen and oxygen atoms in total. The SMILES string of the molecule is CCOc1ccc(/C(O)=C2/C(=O)C(=O)N(Cc3ccccc3OC)C2c2ccc(OC)c(OC)c2)cc1. The molecule has 3 aromatic rings. The standard InChI is InChI=1S/C29H29NO7/c1-5-37-21-13-10-18(11-14-21)27(31)25-26(19-12-15-23(35-3)24(16-19)36-4)30(29(33)28(25)32)17-20-8-6-7-9-22(20)34-2/h6-16,26,31H,5,17H2,1-4H3/b27-25-. The summed E-state index contributed by atoms with van der Waals surface area (Å²) < 4.78 is 21.8. The fourth-order valence-electron chi connectivity index (χ4n) is 4.46. The normalized spacial score (nSPS) is 16.5. The third-order valence-electron chi connectivity index (χ3n) is 6.24. The van der Waals surface area contributed by atoms with Crippen LogP contribution in [0.4, 0.5) is 0 Å². The third-order valence-corrected chi connectivity index (χ3v) is 6.24. The van der Waals surface area contributed by atoms with Gasteiger partial charge in [0.2, 0.25) is 0 Å². The summed E-state index contributed by atoms with van der Waals surface area (Å²) in [5.41, 5.74) is 1.68. The van der Waals surface area contributed by atoms with Crippen LogP contribution in [0.2, 0.25) is 0 Å². The maximum atomic E-state index is 13.4. The second-order valence-corrected chi connectivity index (χ2v) is 8.31. The second-order valence-electron chi connectivity index (χ2n) is 8.31. The minimum atomic E-state index is -0.878. The highest BCUT2D eigenvalue weighted by molar-refractivity contribution is 6.46. The lowest BCUT2D eigenvalue weighted by atomic mass is 9.94. The average molecular weight is 504 g/mol. The Labute approximate surface area is 215 Å². The number of Topliss-reactive ketones (excluding diaryl/α,β-unsaturated/α-hetero) is 1. The lowest BCUT2D eigenvalue weighted by molar-refractivity contribution is -0.140. The Morgan fingerprint density at radius 1 is 0.865 bits per heavy atom. The van der Waals surface area contributed by atoms with E-state index in [0.29, 0.717) is 40.7 Å². The van der Waals surface area contributed by atoms with Crippen molar-refractivity contribution in [3.8, 4) is 23.0 Å². The summed E-state index contributed by atoms with van der Waals surface area (Å²) in [6, 6.07) is 18.3. The van der Waals surface area contributed by atoms with E-state index in [1.165, 1.54) is 19.1 Å². The van der Waals surface area contributed by atoms with Crippen molar-refractivity contribution >= 4 is 17.4 Å². The summed E-state index contributed by atoms with van der Waals surface area (Å²) in [5.74, 6) is 0.375. The molecule has 0 aliphatic carbocycles. The van der Waals surface area contributed by atoms with E-state index in [-0.39, 0.29) is 17.9 Å². The predicted molar refractivity (Wildman–Crippen MR) is 138 cm³/mol. The molecule has 1 N–H and O–H groups in total. The molecule has 1 fully saturated rings. The molecular formula is C29H29NO7. The van der Waals surface area contributed by atoms with E-state index < -0.39 is 17.7 Å². The van der Waals surface area contributed by atoms with Crippen LogP contribution < -0.4 is 18.9 Å². The summed E-state index contributed by atoms with van der Waals surface area (Å²) in [4.78, 5) is 28.2. The first-order valence-corrected chi connectivity index (χ1v) is 11.8. The molecule has 1 heterocycles. The molecule has 192 valence electrons. The minimum absolute atomic E-state index is 0.0173. The van der Waals surface area contributed by atoms with Gasteiger partial charge >= 0.3 is 0 Å². The van der Waals surface area contributed by atoms with E-state index in [1.807, 2.05) is 25.1 Å². The lowest BCUT2D eigenvalue weighted by Gasteiger charge is -2.26. The van der Waals surface area contributed by atoms with Gasteiger partial charge in [-0.05, 0) is 55.0 Å². The fourth-order valence-corrected chi connectivity index (χ4v) is 4.46.